The molecule has 1 aliphatic heterocycles. The Kier molecular flexibility index (Phi) is 7.23. The van der Waals surface area contributed by atoms with E-state index in [4.69, 9.17) is 0 Å². The fourth-order valence-electron chi connectivity index (χ4n) is 3.69. The van der Waals surface area contributed by atoms with Crippen LogP contribution in [0.3, 0.4) is 0 Å². The molecule has 1 fully saturated rings. The van der Waals surface area contributed by atoms with Crippen LogP contribution in [0.1, 0.15) is 24.5 Å². The van der Waals surface area contributed by atoms with E-state index in [1.165, 1.54) is 5.56 Å². The lowest BCUT2D eigenvalue weighted by Crippen LogP contribution is -2.48. The molecule has 0 radical (unpaired) electrons. The first-order chi connectivity index (χ1) is 13.5. The van der Waals surface area contributed by atoms with Gasteiger partial charge in [0, 0.05) is 64.5 Å². The van der Waals surface area contributed by atoms with Crippen LogP contribution in [0.2, 0.25) is 0 Å². The van der Waals surface area contributed by atoms with Crippen LogP contribution in [0.25, 0.3) is 11.3 Å². The summed E-state index contributed by atoms with van der Waals surface area (Å²) in [6.07, 6.45) is 3.22. The van der Waals surface area contributed by atoms with Gasteiger partial charge in [-0.05, 0) is 25.5 Å². The Morgan fingerprint density at radius 1 is 1.11 bits per heavy atom. The third-order valence-electron chi connectivity index (χ3n) is 5.51. The van der Waals surface area contributed by atoms with E-state index in [0.717, 1.165) is 62.6 Å². The zero-order valence-corrected chi connectivity index (χ0v) is 17.4. The van der Waals surface area contributed by atoms with Crippen molar-refractivity contribution in [1.29, 1.82) is 0 Å². The van der Waals surface area contributed by atoms with Crippen LogP contribution in [-0.2, 0) is 18.3 Å². The fraction of sp³-hybridized carbons (Fsp3) is 0.545. The number of hydrogen-bond acceptors (Lipinski definition) is 4. The zero-order chi connectivity index (χ0) is 19.9. The molecule has 2 aromatic rings. The Labute approximate surface area is 168 Å². The van der Waals surface area contributed by atoms with Crippen LogP contribution >= 0.6 is 0 Å². The Hall–Kier alpha value is -2.18. The van der Waals surface area contributed by atoms with E-state index in [1.807, 2.05) is 17.9 Å². The van der Waals surface area contributed by atoms with Gasteiger partial charge >= 0.3 is 0 Å². The fourth-order valence-corrected chi connectivity index (χ4v) is 3.69. The van der Waals surface area contributed by atoms with Gasteiger partial charge in [0.1, 0.15) is 0 Å². The molecule has 1 amide bonds. The Morgan fingerprint density at radius 3 is 2.46 bits per heavy atom. The molecule has 0 spiro atoms. The van der Waals surface area contributed by atoms with Crippen molar-refractivity contribution >= 4 is 5.91 Å². The first kappa shape index (κ1) is 20.6. The number of rotatable bonds is 8. The maximum atomic E-state index is 12.3. The minimum Gasteiger partial charge on any atom is -0.355 e. The van der Waals surface area contributed by atoms with Gasteiger partial charge in [-0.3, -0.25) is 14.4 Å². The van der Waals surface area contributed by atoms with Gasteiger partial charge in [0.05, 0.1) is 5.69 Å². The number of piperazine rings is 1. The molecule has 1 aliphatic rings. The van der Waals surface area contributed by atoms with Gasteiger partial charge in [0.2, 0.25) is 5.91 Å². The largest absolute Gasteiger partial charge is 0.355 e. The normalized spacial score (nSPS) is 15.7. The number of aryl methyl sites for hydroxylation is 3. The molecule has 1 N–H and O–H groups in total. The van der Waals surface area contributed by atoms with Crippen molar-refractivity contribution in [2.24, 2.45) is 7.05 Å². The lowest BCUT2D eigenvalue weighted by Gasteiger charge is -2.33. The van der Waals surface area contributed by atoms with Gasteiger partial charge < -0.3 is 10.2 Å². The molecule has 6 nitrogen and oxygen atoms in total. The van der Waals surface area contributed by atoms with Crippen molar-refractivity contribution in [3.8, 4) is 11.3 Å². The van der Waals surface area contributed by atoms with Crippen molar-refractivity contribution in [3.63, 3.8) is 0 Å². The number of carbonyl (C=O) groups is 1. The number of benzene rings is 1. The zero-order valence-electron chi connectivity index (χ0n) is 17.4. The molecule has 3 rings (SSSR count). The average Bonchev–Trinajstić information content (AvgIpc) is 3.08. The number of nitrogens with one attached hydrogen (secondary N) is 1. The van der Waals surface area contributed by atoms with Gasteiger partial charge in [-0.25, -0.2) is 0 Å². The molecular formula is C22H33N5O. The van der Waals surface area contributed by atoms with Crippen molar-refractivity contribution in [2.75, 3.05) is 45.8 Å². The summed E-state index contributed by atoms with van der Waals surface area (Å²) < 4.78 is 1.83. The van der Waals surface area contributed by atoms with Crippen LogP contribution in [0.15, 0.2) is 30.5 Å². The van der Waals surface area contributed by atoms with Gasteiger partial charge in [0.15, 0.2) is 0 Å². The van der Waals surface area contributed by atoms with E-state index < -0.39 is 0 Å². The Morgan fingerprint density at radius 2 is 1.79 bits per heavy atom. The van der Waals surface area contributed by atoms with Crippen LogP contribution in [0, 0.1) is 6.92 Å². The summed E-state index contributed by atoms with van der Waals surface area (Å²) in [5.74, 6) is 0.117. The topological polar surface area (TPSA) is 53.4 Å². The highest BCUT2D eigenvalue weighted by Gasteiger charge is 2.15. The SMILES string of the molecule is CCN1CCN(CCNC(=O)CCc2cn(C)nc2-c2ccc(C)cc2)CC1. The molecule has 1 aromatic heterocycles. The number of amides is 1. The quantitative estimate of drug-likeness (QED) is 0.758. The number of carbonyl (C=O) groups excluding carboxylic acids is 1. The molecule has 0 aliphatic carbocycles. The maximum absolute atomic E-state index is 12.3. The molecule has 28 heavy (non-hydrogen) atoms. The molecule has 2 heterocycles. The number of hydrogen-bond donors (Lipinski definition) is 1. The standard InChI is InChI=1S/C22H33N5O/c1-4-26-13-15-27(16-14-26)12-11-23-21(28)10-9-20-17-25(3)24-22(20)19-7-5-18(2)6-8-19/h5-8,17H,4,9-16H2,1-3H3,(H,23,28). The lowest BCUT2D eigenvalue weighted by molar-refractivity contribution is -0.121. The van der Waals surface area contributed by atoms with Gasteiger partial charge in [-0.2, -0.15) is 5.10 Å². The van der Waals surface area contributed by atoms with E-state index in [9.17, 15) is 4.79 Å². The monoisotopic (exact) mass is 383 g/mol. The summed E-state index contributed by atoms with van der Waals surface area (Å²) in [5, 5.41) is 7.68. The van der Waals surface area contributed by atoms with E-state index in [1.54, 1.807) is 0 Å². The third kappa shape index (κ3) is 5.66. The summed E-state index contributed by atoms with van der Waals surface area (Å²) in [6, 6.07) is 8.39. The first-order valence-corrected chi connectivity index (χ1v) is 10.4. The molecule has 0 unspecified atom stereocenters. The summed E-state index contributed by atoms with van der Waals surface area (Å²) in [6.45, 7) is 11.5. The second-order valence-corrected chi connectivity index (χ2v) is 7.67. The minimum atomic E-state index is 0.117. The average molecular weight is 384 g/mol. The van der Waals surface area contributed by atoms with E-state index >= 15 is 0 Å². The molecule has 1 saturated heterocycles. The summed E-state index contributed by atoms with van der Waals surface area (Å²) >= 11 is 0. The highest BCUT2D eigenvalue weighted by molar-refractivity contribution is 5.76. The molecule has 0 atom stereocenters. The van der Waals surface area contributed by atoms with Crippen molar-refractivity contribution < 1.29 is 4.79 Å². The van der Waals surface area contributed by atoms with Crippen LogP contribution < -0.4 is 5.32 Å². The smallest absolute Gasteiger partial charge is 0.220 e. The van der Waals surface area contributed by atoms with Crippen LogP contribution in [0.4, 0.5) is 0 Å². The van der Waals surface area contributed by atoms with E-state index in [-0.39, 0.29) is 5.91 Å². The van der Waals surface area contributed by atoms with Gasteiger partial charge in [0.25, 0.3) is 0 Å². The molecule has 0 saturated carbocycles. The first-order valence-electron chi connectivity index (χ1n) is 10.4. The molecule has 152 valence electrons. The third-order valence-corrected chi connectivity index (χ3v) is 5.51. The van der Waals surface area contributed by atoms with Crippen LogP contribution in [0.5, 0.6) is 0 Å². The second kappa shape index (κ2) is 9.85. The second-order valence-electron chi connectivity index (χ2n) is 7.67. The highest BCUT2D eigenvalue weighted by atomic mass is 16.1. The van der Waals surface area contributed by atoms with Crippen LogP contribution in [-0.4, -0.2) is 71.3 Å². The maximum Gasteiger partial charge on any atom is 0.220 e. The predicted molar refractivity (Wildman–Crippen MR) is 113 cm³/mol. The molecule has 6 heteroatoms. The Balaban J connectivity index is 1.44. The van der Waals surface area contributed by atoms with Crippen molar-refractivity contribution in [1.82, 2.24) is 24.9 Å². The van der Waals surface area contributed by atoms with Crippen molar-refractivity contribution in [2.45, 2.75) is 26.7 Å². The summed E-state index contributed by atoms with van der Waals surface area (Å²) in [5.41, 5.74) is 4.44. The number of aromatic nitrogens is 2. The Bertz CT molecular complexity index is 760. The number of nitrogens with zero attached hydrogens (tertiary/aromatic N) is 4. The highest BCUT2D eigenvalue weighted by Crippen LogP contribution is 2.23. The summed E-state index contributed by atoms with van der Waals surface area (Å²) in [7, 11) is 1.93. The lowest BCUT2D eigenvalue weighted by atomic mass is 10.0. The molecule has 0 bridgehead atoms. The summed E-state index contributed by atoms with van der Waals surface area (Å²) in [4.78, 5) is 17.2. The molecule has 1 aromatic carbocycles. The number of likely N-dealkylation sites (N-methyl/N-ethyl adjacent to an activating group) is 1. The predicted octanol–water partition coefficient (Wildman–Crippen LogP) is 2.08. The van der Waals surface area contributed by atoms with Crippen molar-refractivity contribution in [3.05, 3.63) is 41.6 Å². The van der Waals surface area contributed by atoms with Gasteiger partial charge in [-0.1, -0.05) is 36.8 Å². The molecular weight excluding hydrogens is 350 g/mol. The minimum absolute atomic E-state index is 0.117. The van der Waals surface area contributed by atoms with E-state index in [0.29, 0.717) is 12.8 Å². The van der Waals surface area contributed by atoms with E-state index in [2.05, 4.69) is 58.3 Å². The van der Waals surface area contributed by atoms with Gasteiger partial charge in [-0.15, -0.1) is 0 Å².